The fourth-order valence-corrected chi connectivity index (χ4v) is 0.391. The van der Waals surface area contributed by atoms with E-state index < -0.39 is 5.97 Å². The Morgan fingerprint density at radius 3 is 3.00 bits per heavy atom. The second-order valence-corrected chi connectivity index (χ2v) is 1.40. The van der Waals surface area contributed by atoms with Gasteiger partial charge in [0.1, 0.15) is 12.9 Å². The maximum Gasteiger partial charge on any atom is 0.325 e. The highest BCUT2D eigenvalue weighted by Crippen LogP contribution is 1.75. The first-order valence-electron chi connectivity index (χ1n) is 2.21. The Morgan fingerprint density at radius 2 is 2.56 bits per heavy atom. The van der Waals surface area contributed by atoms with Crippen molar-refractivity contribution in [1.82, 2.24) is 20.2 Å². The lowest BCUT2D eigenvalue weighted by molar-refractivity contribution is -0.137. The lowest BCUT2D eigenvalue weighted by Crippen LogP contribution is -2.08. The molecule has 1 heterocycles. The lowest BCUT2D eigenvalue weighted by Gasteiger charge is -1.88. The fraction of sp³-hybridized carbons (Fsp3) is 0.333. The third kappa shape index (κ3) is 1.48. The van der Waals surface area contributed by atoms with E-state index in [9.17, 15) is 4.79 Å². The second-order valence-electron chi connectivity index (χ2n) is 1.40. The number of hydrogen-bond acceptors (Lipinski definition) is 4. The molecule has 1 aromatic rings. The molecule has 48 valence electrons. The van der Waals surface area contributed by atoms with E-state index in [-0.39, 0.29) is 6.54 Å². The van der Waals surface area contributed by atoms with Crippen LogP contribution in [0.15, 0.2) is 6.33 Å². The molecule has 0 bridgehead atoms. The second kappa shape index (κ2) is 2.21. The first kappa shape index (κ1) is 5.67. The number of hydrogen-bond donors (Lipinski definition) is 1. The topological polar surface area (TPSA) is 80.9 Å². The van der Waals surface area contributed by atoms with Crippen molar-refractivity contribution in [2.24, 2.45) is 0 Å². The number of nitrogens with zero attached hydrogens (tertiary/aromatic N) is 4. The Kier molecular flexibility index (Phi) is 1.39. The minimum absolute atomic E-state index is 0.188. The number of tetrazole rings is 1. The quantitative estimate of drug-likeness (QED) is 0.507. The third-order valence-electron chi connectivity index (χ3n) is 0.689. The molecule has 0 radical (unpaired) electrons. The molecule has 6 heteroatoms. The molecule has 0 saturated heterocycles. The molecule has 6 nitrogen and oxygen atoms in total. The normalized spacial score (nSPS) is 9.33. The Bertz CT molecular complexity index is 194. The minimum Gasteiger partial charge on any atom is -0.480 e. The van der Waals surface area contributed by atoms with E-state index in [1.807, 2.05) is 0 Å². The van der Waals surface area contributed by atoms with Gasteiger partial charge in [0.15, 0.2) is 0 Å². The number of rotatable bonds is 2. The van der Waals surface area contributed by atoms with Crippen LogP contribution in [0.1, 0.15) is 0 Å². The Morgan fingerprint density at radius 1 is 1.78 bits per heavy atom. The molecule has 0 atom stereocenters. The van der Waals surface area contributed by atoms with E-state index >= 15 is 0 Å². The smallest absolute Gasteiger partial charge is 0.325 e. The zero-order valence-corrected chi connectivity index (χ0v) is 4.43. The molecule has 0 aliphatic carbocycles. The molecular weight excluding hydrogens is 127 g/mol. The van der Waals surface area contributed by atoms with Gasteiger partial charge in [-0.3, -0.25) is 4.79 Å². The maximum atomic E-state index is 9.95. The van der Waals surface area contributed by atoms with Gasteiger partial charge in [0.2, 0.25) is 0 Å². The first-order valence-corrected chi connectivity index (χ1v) is 2.21. The lowest BCUT2D eigenvalue weighted by atomic mass is 11.4. The van der Waals surface area contributed by atoms with Gasteiger partial charge in [-0.15, -0.1) is 5.10 Å². The summed E-state index contributed by atoms with van der Waals surface area (Å²) in [5.74, 6) is -0.956. The van der Waals surface area contributed by atoms with E-state index in [4.69, 9.17) is 5.11 Å². The molecule has 0 aliphatic rings. The Labute approximate surface area is 50.1 Å². The zero-order valence-electron chi connectivity index (χ0n) is 4.43. The van der Waals surface area contributed by atoms with Crippen LogP contribution in [-0.4, -0.2) is 31.3 Å². The summed E-state index contributed by atoms with van der Waals surface area (Å²) in [5.41, 5.74) is 0. The predicted molar refractivity (Wildman–Crippen MR) is 25.5 cm³/mol. The van der Waals surface area contributed by atoms with E-state index in [1.165, 1.54) is 6.33 Å². The van der Waals surface area contributed by atoms with Gasteiger partial charge in [-0.25, -0.2) is 4.68 Å². The van der Waals surface area contributed by atoms with Crippen LogP contribution in [-0.2, 0) is 11.3 Å². The molecule has 1 N–H and O–H groups in total. The van der Waals surface area contributed by atoms with Crippen LogP contribution < -0.4 is 0 Å². The summed E-state index contributed by atoms with van der Waals surface area (Å²) in [6.45, 7) is -0.188. The summed E-state index contributed by atoms with van der Waals surface area (Å²) < 4.78 is 1.13. The minimum atomic E-state index is -0.956. The number of aromatic nitrogens is 4. The Hall–Kier alpha value is -1.46. The van der Waals surface area contributed by atoms with Gasteiger partial charge in [0.05, 0.1) is 0 Å². The number of aliphatic carboxylic acids is 1. The van der Waals surface area contributed by atoms with E-state index in [0.29, 0.717) is 0 Å². The van der Waals surface area contributed by atoms with Gasteiger partial charge in [-0.2, -0.15) is 0 Å². The largest absolute Gasteiger partial charge is 0.480 e. The molecule has 0 fully saturated rings. The van der Waals surface area contributed by atoms with E-state index in [1.54, 1.807) is 0 Å². The van der Waals surface area contributed by atoms with Crippen molar-refractivity contribution in [3.63, 3.8) is 0 Å². The van der Waals surface area contributed by atoms with Gasteiger partial charge < -0.3 is 5.11 Å². The van der Waals surface area contributed by atoms with Gasteiger partial charge in [0.25, 0.3) is 0 Å². The van der Waals surface area contributed by atoms with Crippen LogP contribution in [0.4, 0.5) is 0 Å². The molecule has 0 aliphatic heterocycles. The van der Waals surface area contributed by atoms with Crippen LogP contribution in [0, 0.1) is 0 Å². The molecule has 0 saturated carbocycles. The first-order chi connectivity index (χ1) is 4.29. The van der Waals surface area contributed by atoms with Crippen molar-refractivity contribution in [2.75, 3.05) is 0 Å². The molecule has 1 rings (SSSR count). The van der Waals surface area contributed by atoms with Gasteiger partial charge >= 0.3 is 5.97 Å². The SMILES string of the molecule is O=[13C](O)[13CH2][15n]1cnnn1. The summed E-state index contributed by atoms with van der Waals surface area (Å²) in [7, 11) is 0. The van der Waals surface area contributed by atoms with E-state index in [0.717, 1.165) is 4.68 Å². The van der Waals surface area contributed by atoms with Crippen LogP contribution >= 0.6 is 0 Å². The van der Waals surface area contributed by atoms with Crippen molar-refractivity contribution in [1.29, 1.82) is 0 Å². The highest BCUT2D eigenvalue weighted by molar-refractivity contribution is 5.66. The molecule has 0 amide bonds. The highest BCUT2D eigenvalue weighted by atomic mass is 16.5. The monoisotopic (exact) mass is 131 g/mol. The van der Waals surface area contributed by atoms with Crippen molar-refractivity contribution in [3.05, 3.63) is 6.33 Å². The zero-order chi connectivity index (χ0) is 6.69. The number of carbonyl (C=O) groups is 1. The molecular formula is C3H4N4O2. The van der Waals surface area contributed by atoms with Gasteiger partial charge in [-0.05, 0) is 10.4 Å². The molecule has 1 aromatic heterocycles. The van der Waals surface area contributed by atoms with Crippen molar-refractivity contribution >= 4 is 5.97 Å². The van der Waals surface area contributed by atoms with Crippen molar-refractivity contribution in [3.8, 4) is 0 Å². The molecule has 0 unspecified atom stereocenters. The summed E-state index contributed by atoms with van der Waals surface area (Å²) in [6.07, 6.45) is 1.24. The van der Waals surface area contributed by atoms with Crippen LogP contribution in [0.3, 0.4) is 0 Å². The van der Waals surface area contributed by atoms with Gasteiger partial charge in [-0.1, -0.05) is 0 Å². The number of carboxylic acids is 1. The van der Waals surface area contributed by atoms with E-state index in [2.05, 4.69) is 15.5 Å². The van der Waals surface area contributed by atoms with Crippen LogP contribution in [0.5, 0.6) is 0 Å². The van der Waals surface area contributed by atoms with Crippen LogP contribution in [0.2, 0.25) is 0 Å². The van der Waals surface area contributed by atoms with Crippen molar-refractivity contribution < 1.29 is 9.90 Å². The van der Waals surface area contributed by atoms with Crippen LogP contribution in [0.25, 0.3) is 0 Å². The highest BCUT2D eigenvalue weighted by Gasteiger charge is 1.97. The van der Waals surface area contributed by atoms with Crippen molar-refractivity contribution in [2.45, 2.75) is 6.54 Å². The summed E-state index contributed by atoms with van der Waals surface area (Å²) in [6, 6.07) is 0. The molecule has 9 heavy (non-hydrogen) atoms. The summed E-state index contributed by atoms with van der Waals surface area (Å²) in [4.78, 5) is 9.95. The fourth-order valence-electron chi connectivity index (χ4n) is 0.391. The number of carboxylic acid groups (broad SMARTS) is 1. The average Bonchev–Trinajstić information content (AvgIpc) is 2.15. The molecule has 0 aromatic carbocycles. The third-order valence-corrected chi connectivity index (χ3v) is 0.689. The van der Waals surface area contributed by atoms with Gasteiger partial charge in [0, 0.05) is 0 Å². The molecule has 0 spiro atoms. The summed E-state index contributed by atoms with van der Waals surface area (Å²) in [5, 5.41) is 18.0. The maximum absolute atomic E-state index is 9.95. The standard InChI is InChI=1S/C3H4N4O2/c8-3(9)1-7-2-4-5-6-7/h2H,1H2,(H,8,9)/i1+1,3+1,7+1. The predicted octanol–water partition coefficient (Wildman–Crippen LogP) is -1.24. The summed E-state index contributed by atoms with van der Waals surface area (Å²) >= 11 is 0. The average molecular weight is 131 g/mol. The Balaban J connectivity index is 2.58.